The predicted molar refractivity (Wildman–Crippen MR) is 76.6 cm³/mol. The lowest BCUT2D eigenvalue weighted by molar-refractivity contribution is 0.103. The number of hydrogen-bond acceptors (Lipinski definition) is 7. The van der Waals surface area contributed by atoms with Crippen molar-refractivity contribution in [3.63, 3.8) is 0 Å². The second-order valence-electron chi connectivity index (χ2n) is 4.39. The third-order valence-electron chi connectivity index (χ3n) is 2.97. The Hall–Kier alpha value is -3.40. The van der Waals surface area contributed by atoms with Gasteiger partial charge >= 0.3 is 0 Å². The van der Waals surface area contributed by atoms with Gasteiger partial charge in [-0.05, 0) is 41.9 Å². The van der Waals surface area contributed by atoms with Crippen LogP contribution in [0.15, 0.2) is 39.6 Å². The van der Waals surface area contributed by atoms with Crippen LogP contribution in [-0.2, 0) is 0 Å². The minimum atomic E-state index is -0.664. The molecule has 22 heavy (non-hydrogen) atoms. The molecule has 110 valence electrons. The number of ketones is 1. The van der Waals surface area contributed by atoms with Crippen LogP contribution in [0, 0.1) is 23.2 Å². The van der Waals surface area contributed by atoms with Crippen molar-refractivity contribution < 1.29 is 19.4 Å². The summed E-state index contributed by atoms with van der Waals surface area (Å²) in [6, 6.07) is 5.45. The molecule has 7 heteroatoms. The quantitative estimate of drug-likeness (QED) is 0.293. The lowest BCUT2D eigenvalue weighted by Crippen LogP contribution is -2.02. The van der Waals surface area contributed by atoms with E-state index in [0.717, 1.165) is 12.1 Å². The lowest BCUT2D eigenvalue weighted by Gasteiger charge is -2.03. The van der Waals surface area contributed by atoms with Gasteiger partial charge in [-0.15, -0.1) is 4.91 Å². The van der Waals surface area contributed by atoms with Crippen molar-refractivity contribution in [1.82, 2.24) is 0 Å². The maximum absolute atomic E-state index is 12.2. The van der Waals surface area contributed by atoms with Crippen molar-refractivity contribution >= 4 is 17.5 Å². The largest absolute Gasteiger partial charge is 0.504 e. The molecule has 2 N–H and O–H groups in total. The Kier molecular flexibility index (Phi) is 4.04. The number of phenols is 2. The molecular weight excluding hydrogens is 288 g/mol. The number of nitriles is 1. The van der Waals surface area contributed by atoms with Gasteiger partial charge in [0.1, 0.15) is 17.4 Å². The molecule has 0 atom stereocenters. The molecule has 0 spiro atoms. The zero-order valence-corrected chi connectivity index (χ0v) is 11.4. The van der Waals surface area contributed by atoms with Crippen LogP contribution in [0.1, 0.15) is 21.7 Å². The van der Waals surface area contributed by atoms with Crippen molar-refractivity contribution in [3.05, 3.63) is 51.8 Å². The highest BCUT2D eigenvalue weighted by molar-refractivity contribution is 6.14. The maximum atomic E-state index is 12.2. The third kappa shape index (κ3) is 2.71. The second-order valence-corrected chi connectivity index (χ2v) is 4.39. The Morgan fingerprint density at radius 2 is 2.14 bits per heavy atom. The Labute approximate surface area is 124 Å². The van der Waals surface area contributed by atoms with Crippen LogP contribution in [-0.4, -0.2) is 16.0 Å². The van der Waals surface area contributed by atoms with Gasteiger partial charge in [-0.2, -0.15) is 5.26 Å². The van der Waals surface area contributed by atoms with Gasteiger partial charge in [-0.3, -0.25) is 4.79 Å². The van der Waals surface area contributed by atoms with Crippen LogP contribution < -0.4 is 0 Å². The average Bonchev–Trinajstić information content (AvgIpc) is 2.93. The minimum Gasteiger partial charge on any atom is -0.504 e. The number of allylic oxidation sites excluding steroid dienone is 1. The zero-order chi connectivity index (χ0) is 16.3. The second kappa shape index (κ2) is 5.93. The van der Waals surface area contributed by atoms with Crippen molar-refractivity contribution in [2.75, 3.05) is 0 Å². The first-order valence-corrected chi connectivity index (χ1v) is 6.08. The molecule has 0 bridgehead atoms. The van der Waals surface area contributed by atoms with Crippen LogP contribution in [0.3, 0.4) is 0 Å². The number of phenolic OH excluding ortho intramolecular Hbond substituents is 2. The first kappa shape index (κ1) is 15.0. The molecule has 0 radical (unpaired) electrons. The van der Waals surface area contributed by atoms with E-state index < -0.39 is 23.0 Å². The summed E-state index contributed by atoms with van der Waals surface area (Å²) >= 11 is 0. The van der Waals surface area contributed by atoms with Crippen LogP contribution in [0.25, 0.3) is 6.08 Å². The molecule has 1 aromatic carbocycles. The molecule has 0 saturated carbocycles. The number of nitroso groups, excluding NO2 is 1. The van der Waals surface area contributed by atoms with Crippen molar-refractivity contribution in [3.8, 4) is 17.6 Å². The molecule has 0 aliphatic rings. The van der Waals surface area contributed by atoms with Crippen molar-refractivity contribution in [2.45, 2.75) is 6.92 Å². The number of benzene rings is 1. The number of furan rings is 1. The first-order chi connectivity index (χ1) is 10.5. The van der Waals surface area contributed by atoms with Gasteiger partial charge in [0, 0.05) is 0 Å². The Morgan fingerprint density at radius 1 is 1.41 bits per heavy atom. The van der Waals surface area contributed by atoms with Gasteiger partial charge in [-0.25, -0.2) is 0 Å². The summed E-state index contributed by atoms with van der Waals surface area (Å²) in [4.78, 5) is 22.8. The number of Topliss-reactive ketones (excluding diaryl/α,β-unsaturated/α-hetero) is 1. The summed E-state index contributed by atoms with van der Waals surface area (Å²) in [5.41, 5.74) is -0.192. The number of aryl methyl sites for hydroxylation is 1. The van der Waals surface area contributed by atoms with Crippen molar-refractivity contribution in [1.29, 1.82) is 5.26 Å². The molecule has 0 aliphatic heterocycles. The van der Waals surface area contributed by atoms with Gasteiger partial charge in [0.25, 0.3) is 0 Å². The van der Waals surface area contributed by atoms with Gasteiger partial charge in [0.2, 0.25) is 5.78 Å². The number of hydrogen-bond donors (Lipinski definition) is 2. The van der Waals surface area contributed by atoms with Gasteiger partial charge < -0.3 is 14.6 Å². The molecular formula is C15H10N2O5. The molecule has 0 amide bonds. The summed E-state index contributed by atoms with van der Waals surface area (Å²) in [5, 5.41) is 30.6. The lowest BCUT2D eigenvalue weighted by atomic mass is 10.0. The summed E-state index contributed by atoms with van der Waals surface area (Å²) < 4.78 is 5.02. The predicted octanol–water partition coefficient (Wildman–Crippen LogP) is 3.19. The van der Waals surface area contributed by atoms with Crippen LogP contribution >= 0.6 is 0 Å². The monoisotopic (exact) mass is 298 g/mol. The Morgan fingerprint density at radius 3 is 2.68 bits per heavy atom. The molecule has 1 aromatic heterocycles. The molecule has 0 saturated heterocycles. The van der Waals surface area contributed by atoms with E-state index in [1.165, 1.54) is 18.4 Å². The maximum Gasteiger partial charge on any atom is 0.207 e. The van der Waals surface area contributed by atoms with E-state index in [1.807, 2.05) is 0 Å². The summed E-state index contributed by atoms with van der Waals surface area (Å²) in [6.45, 7) is 1.59. The number of carbonyl (C=O) groups excluding carboxylic acids is 1. The topological polar surface area (TPSA) is 124 Å². The summed E-state index contributed by atoms with van der Waals surface area (Å²) in [7, 11) is 0. The standard InChI is InChI=1S/C15H10N2O5/c1-8-11(2-3-22-8)14(19)10(7-16)4-9-5-12(17-21)15(20)13(18)6-9/h2-6,18,20H,1H3/b10-4+. The van der Waals surface area contributed by atoms with E-state index in [0.29, 0.717) is 5.76 Å². The third-order valence-corrected chi connectivity index (χ3v) is 2.97. The SMILES string of the molecule is Cc1occc1C(=O)/C(C#N)=C/c1cc(O)c(O)c(N=O)c1. The van der Waals surface area contributed by atoms with Gasteiger partial charge in [-0.1, -0.05) is 0 Å². The highest BCUT2D eigenvalue weighted by atomic mass is 16.3. The van der Waals surface area contributed by atoms with E-state index in [-0.39, 0.29) is 16.7 Å². The highest BCUT2D eigenvalue weighted by Crippen LogP contribution is 2.37. The fraction of sp³-hybridized carbons (Fsp3) is 0.0667. The van der Waals surface area contributed by atoms with E-state index in [1.54, 1.807) is 13.0 Å². The van der Waals surface area contributed by atoms with E-state index in [9.17, 15) is 19.9 Å². The molecule has 2 aromatic rings. The summed E-state index contributed by atoms with van der Waals surface area (Å²) in [6.07, 6.45) is 2.51. The Bertz CT molecular complexity index is 827. The molecule has 0 aliphatic carbocycles. The molecule has 0 unspecified atom stereocenters. The molecule has 2 rings (SSSR count). The normalized spacial score (nSPS) is 11.0. The molecule has 7 nitrogen and oxygen atoms in total. The van der Waals surface area contributed by atoms with Crippen LogP contribution in [0.4, 0.5) is 5.69 Å². The zero-order valence-electron chi connectivity index (χ0n) is 11.4. The van der Waals surface area contributed by atoms with E-state index in [2.05, 4.69) is 5.18 Å². The summed E-state index contributed by atoms with van der Waals surface area (Å²) in [5.74, 6) is -1.42. The highest BCUT2D eigenvalue weighted by Gasteiger charge is 2.17. The number of rotatable bonds is 4. The van der Waals surface area contributed by atoms with Gasteiger partial charge in [0.05, 0.1) is 11.8 Å². The van der Waals surface area contributed by atoms with Crippen LogP contribution in [0.5, 0.6) is 11.5 Å². The smallest absolute Gasteiger partial charge is 0.207 e. The average molecular weight is 298 g/mol. The van der Waals surface area contributed by atoms with E-state index in [4.69, 9.17) is 9.68 Å². The van der Waals surface area contributed by atoms with Crippen LogP contribution in [0.2, 0.25) is 0 Å². The molecule has 0 fully saturated rings. The Balaban J connectivity index is 2.49. The fourth-order valence-corrected chi connectivity index (χ4v) is 1.86. The van der Waals surface area contributed by atoms with Gasteiger partial charge in [0.15, 0.2) is 17.2 Å². The van der Waals surface area contributed by atoms with E-state index >= 15 is 0 Å². The minimum absolute atomic E-state index is 0.177. The number of nitrogens with zero attached hydrogens (tertiary/aromatic N) is 2. The number of carbonyl (C=O) groups is 1. The molecule has 1 heterocycles. The number of aromatic hydroxyl groups is 2. The van der Waals surface area contributed by atoms with Crippen molar-refractivity contribution in [2.24, 2.45) is 5.18 Å². The fourth-order valence-electron chi connectivity index (χ4n) is 1.86. The first-order valence-electron chi connectivity index (χ1n) is 6.08.